The Bertz CT molecular complexity index is 828. The first-order valence-electron chi connectivity index (χ1n) is 8.17. The summed E-state index contributed by atoms with van der Waals surface area (Å²) in [5, 5.41) is 15.4. The molecule has 0 spiro atoms. The molecule has 0 aliphatic rings. The van der Waals surface area contributed by atoms with Gasteiger partial charge in [-0.3, -0.25) is 0 Å². The fraction of sp³-hybridized carbons (Fsp3) is 0.412. The molecule has 0 atom stereocenters. The highest BCUT2D eigenvalue weighted by Crippen LogP contribution is 2.33. The molecule has 8 nitrogen and oxygen atoms in total. The number of hydrogen-bond donors (Lipinski definition) is 3. The van der Waals surface area contributed by atoms with E-state index in [1.807, 2.05) is 27.7 Å². The summed E-state index contributed by atoms with van der Waals surface area (Å²) in [6, 6.07) is 2.89. The first kappa shape index (κ1) is 24.0. The maximum absolute atomic E-state index is 10.7. The lowest BCUT2D eigenvalue weighted by Crippen LogP contribution is -2.27. The number of carbonyl (C=O) groups is 1. The second kappa shape index (κ2) is 10.5. The number of nitrogens with one attached hydrogen (secondary N) is 2. The first-order chi connectivity index (χ1) is 13.0. The topological polar surface area (TPSA) is 109 Å². The van der Waals surface area contributed by atoms with Crippen LogP contribution in [0, 0.1) is 0 Å². The van der Waals surface area contributed by atoms with Crippen molar-refractivity contribution < 1.29 is 14.6 Å². The van der Waals surface area contributed by atoms with Crippen LogP contribution >= 0.6 is 34.8 Å². The number of benzene rings is 1. The highest BCUT2D eigenvalue weighted by molar-refractivity contribution is 6.36. The fourth-order valence-electron chi connectivity index (χ4n) is 1.91. The number of ether oxygens (including phenoxy) is 1. The van der Waals surface area contributed by atoms with E-state index in [2.05, 4.69) is 25.6 Å². The number of rotatable bonds is 5. The van der Waals surface area contributed by atoms with Crippen molar-refractivity contribution in [1.82, 2.24) is 15.0 Å². The van der Waals surface area contributed by atoms with Gasteiger partial charge in [0.15, 0.2) is 5.75 Å². The third-order valence-corrected chi connectivity index (χ3v) is 3.69. The molecule has 2 aromatic rings. The van der Waals surface area contributed by atoms with E-state index < -0.39 is 5.97 Å². The summed E-state index contributed by atoms with van der Waals surface area (Å²) in [6.07, 6.45) is 0. The van der Waals surface area contributed by atoms with Crippen LogP contribution in [0.5, 0.6) is 5.75 Å². The molecule has 0 radical (unpaired) electrons. The number of carboxylic acids is 1. The molecule has 0 aliphatic carbocycles. The van der Waals surface area contributed by atoms with Gasteiger partial charge < -0.3 is 20.5 Å². The van der Waals surface area contributed by atoms with Crippen molar-refractivity contribution in [3.05, 3.63) is 33.0 Å². The van der Waals surface area contributed by atoms with E-state index in [1.165, 1.54) is 19.2 Å². The molecule has 3 N–H and O–H groups in total. The predicted octanol–water partition coefficient (Wildman–Crippen LogP) is 4.87. The molecule has 0 aliphatic heterocycles. The summed E-state index contributed by atoms with van der Waals surface area (Å²) in [5.41, 5.74) is -0.217. The zero-order valence-electron chi connectivity index (χ0n) is 16.1. The average Bonchev–Trinajstić information content (AvgIpc) is 2.55. The van der Waals surface area contributed by atoms with Crippen LogP contribution in [0.1, 0.15) is 38.1 Å². The van der Waals surface area contributed by atoms with E-state index in [-0.39, 0.29) is 32.2 Å². The van der Waals surface area contributed by atoms with Crippen LogP contribution in [0.4, 0.5) is 11.9 Å². The molecule has 28 heavy (non-hydrogen) atoms. The summed E-state index contributed by atoms with van der Waals surface area (Å²) in [7, 11) is 1.34. The second-order valence-electron chi connectivity index (χ2n) is 6.40. The van der Waals surface area contributed by atoms with Crippen LogP contribution in [0.2, 0.25) is 15.3 Å². The minimum Gasteiger partial charge on any atom is -0.494 e. The average molecular weight is 451 g/mol. The van der Waals surface area contributed by atoms with Crippen LogP contribution < -0.4 is 15.4 Å². The summed E-state index contributed by atoms with van der Waals surface area (Å²) in [5.74, 6) is -0.103. The molecule has 11 heteroatoms. The number of aromatic carboxylic acids is 1. The summed E-state index contributed by atoms with van der Waals surface area (Å²) >= 11 is 17.1. The molecular formula is C17H22Cl3N5O3. The Labute approximate surface area is 178 Å². The summed E-state index contributed by atoms with van der Waals surface area (Å²) in [6.45, 7) is 8.79. The van der Waals surface area contributed by atoms with Gasteiger partial charge in [-0.25, -0.2) is 4.79 Å². The predicted molar refractivity (Wildman–Crippen MR) is 112 cm³/mol. The summed E-state index contributed by atoms with van der Waals surface area (Å²) < 4.78 is 4.82. The normalized spacial score (nSPS) is 10.6. The number of aromatic nitrogens is 3. The zero-order valence-corrected chi connectivity index (χ0v) is 18.4. The maximum Gasteiger partial charge on any atom is 0.341 e. The molecule has 2 rings (SSSR count). The van der Waals surface area contributed by atoms with Crippen LogP contribution in [0.3, 0.4) is 0 Å². The Kier molecular flexibility index (Phi) is 9.00. The second-order valence-corrected chi connectivity index (χ2v) is 7.55. The Balaban J connectivity index is 0.000000283. The molecule has 0 amide bonds. The number of halogens is 3. The van der Waals surface area contributed by atoms with Gasteiger partial charge in [-0.2, -0.15) is 15.0 Å². The van der Waals surface area contributed by atoms with E-state index in [1.54, 1.807) is 0 Å². The minimum atomic E-state index is -1.16. The Morgan fingerprint density at radius 3 is 2.14 bits per heavy atom. The van der Waals surface area contributed by atoms with Crippen LogP contribution in [-0.4, -0.2) is 45.2 Å². The van der Waals surface area contributed by atoms with Crippen molar-refractivity contribution >= 4 is 52.7 Å². The maximum atomic E-state index is 10.7. The number of anilines is 2. The Morgan fingerprint density at radius 1 is 1.11 bits per heavy atom. The van der Waals surface area contributed by atoms with Crippen LogP contribution in [0.25, 0.3) is 0 Å². The van der Waals surface area contributed by atoms with E-state index in [9.17, 15) is 4.79 Å². The van der Waals surface area contributed by atoms with Crippen molar-refractivity contribution in [1.29, 1.82) is 0 Å². The number of hydrogen-bond acceptors (Lipinski definition) is 7. The van der Waals surface area contributed by atoms with Gasteiger partial charge >= 0.3 is 5.97 Å². The number of carboxylic acid groups (broad SMARTS) is 1. The smallest absolute Gasteiger partial charge is 0.341 e. The monoisotopic (exact) mass is 449 g/mol. The third-order valence-electron chi connectivity index (χ3n) is 2.91. The lowest BCUT2D eigenvalue weighted by Gasteiger charge is -2.20. The molecule has 0 saturated heterocycles. The summed E-state index contributed by atoms with van der Waals surface area (Å²) in [4.78, 5) is 22.8. The van der Waals surface area contributed by atoms with Gasteiger partial charge in [0.25, 0.3) is 0 Å². The van der Waals surface area contributed by atoms with Crippen molar-refractivity contribution in [3.63, 3.8) is 0 Å². The molecule has 0 fully saturated rings. The van der Waals surface area contributed by atoms with Crippen LogP contribution in [0.15, 0.2) is 12.1 Å². The number of nitrogens with zero attached hydrogens (tertiary/aromatic N) is 3. The van der Waals surface area contributed by atoms with E-state index in [0.717, 1.165) is 6.54 Å². The molecule has 0 saturated carbocycles. The molecule has 154 valence electrons. The molecule has 0 bridgehead atoms. The van der Waals surface area contributed by atoms with Crippen molar-refractivity contribution in [2.45, 2.75) is 33.2 Å². The van der Waals surface area contributed by atoms with Gasteiger partial charge in [0.05, 0.1) is 17.2 Å². The third kappa shape index (κ3) is 7.53. The quantitative estimate of drug-likeness (QED) is 0.592. The van der Waals surface area contributed by atoms with Crippen molar-refractivity contribution in [2.75, 3.05) is 24.3 Å². The molecule has 0 unspecified atom stereocenters. The highest BCUT2D eigenvalue weighted by Gasteiger charge is 2.18. The van der Waals surface area contributed by atoms with Gasteiger partial charge in [-0.1, -0.05) is 23.2 Å². The van der Waals surface area contributed by atoms with Gasteiger partial charge in [-0.05, 0) is 51.4 Å². The zero-order chi connectivity index (χ0) is 21.5. The van der Waals surface area contributed by atoms with Gasteiger partial charge in [-0.15, -0.1) is 0 Å². The van der Waals surface area contributed by atoms with Gasteiger partial charge in [0, 0.05) is 12.1 Å². The van der Waals surface area contributed by atoms with Crippen molar-refractivity contribution in [3.8, 4) is 5.75 Å². The Hall–Kier alpha value is -2.03. The van der Waals surface area contributed by atoms with Crippen molar-refractivity contribution in [2.24, 2.45) is 0 Å². The molecular weight excluding hydrogens is 429 g/mol. The Morgan fingerprint density at radius 2 is 1.68 bits per heavy atom. The van der Waals surface area contributed by atoms with E-state index >= 15 is 0 Å². The molecule has 1 heterocycles. The first-order valence-corrected chi connectivity index (χ1v) is 9.30. The lowest BCUT2D eigenvalue weighted by molar-refractivity contribution is 0.0693. The SMILES string of the molecule is CCNc1nc(Cl)nc(NC(C)(C)C)n1.COc1c(Cl)ccc(Cl)c1C(=O)O. The highest BCUT2D eigenvalue weighted by atomic mass is 35.5. The van der Waals surface area contributed by atoms with E-state index in [4.69, 9.17) is 44.6 Å². The largest absolute Gasteiger partial charge is 0.494 e. The van der Waals surface area contributed by atoms with Gasteiger partial charge in [0.2, 0.25) is 17.2 Å². The molecule has 1 aromatic heterocycles. The van der Waals surface area contributed by atoms with Gasteiger partial charge in [0.1, 0.15) is 5.56 Å². The lowest BCUT2D eigenvalue weighted by atomic mass is 10.1. The standard InChI is InChI=1S/C9H16ClN5.C8H6Cl2O3/c1-5-11-7-12-6(10)13-8(14-7)15-9(2,3)4;1-13-7-5(10)3-2-4(9)6(7)8(11)12/h5H2,1-4H3,(H2,11,12,13,14,15);2-3H,1H3,(H,11,12). The number of methoxy groups -OCH3 is 1. The van der Waals surface area contributed by atoms with Crippen LogP contribution in [-0.2, 0) is 0 Å². The van der Waals surface area contributed by atoms with E-state index in [0.29, 0.717) is 11.9 Å². The molecule has 1 aromatic carbocycles. The fourth-order valence-corrected chi connectivity index (χ4v) is 2.54. The minimum absolute atomic E-state index is 0.0849.